The van der Waals surface area contributed by atoms with Gasteiger partial charge in [0.15, 0.2) is 0 Å². The summed E-state index contributed by atoms with van der Waals surface area (Å²) in [7, 11) is 0. The van der Waals surface area contributed by atoms with E-state index in [-0.39, 0.29) is 23.6 Å². The fourth-order valence-electron chi connectivity index (χ4n) is 1.58. The number of hydrogen-bond donors (Lipinski definition) is 2. The van der Waals surface area contributed by atoms with Crippen LogP contribution in [0.1, 0.15) is 35.7 Å². The molecular formula is C14H15FN2O. The van der Waals surface area contributed by atoms with Gasteiger partial charge in [-0.1, -0.05) is 11.8 Å². The molecule has 1 aromatic rings. The van der Waals surface area contributed by atoms with Crippen molar-refractivity contribution in [2.75, 3.05) is 6.54 Å². The smallest absolute Gasteiger partial charge is 0.254 e. The number of carbonyl (C=O) groups is 1. The van der Waals surface area contributed by atoms with Gasteiger partial charge < -0.3 is 11.1 Å². The Balaban J connectivity index is 2.16. The maximum Gasteiger partial charge on any atom is 0.254 e. The predicted molar refractivity (Wildman–Crippen MR) is 67.4 cm³/mol. The normalized spacial score (nSPS) is 15.5. The first-order chi connectivity index (χ1) is 8.54. The SMILES string of the molecule is CC1(NC(=O)c2ccc(C#CCN)cc2F)CC1. The third kappa shape index (κ3) is 2.88. The van der Waals surface area contributed by atoms with Crippen LogP contribution in [0.3, 0.4) is 0 Å². The molecule has 1 fully saturated rings. The minimum atomic E-state index is -0.555. The molecule has 2 rings (SSSR count). The molecule has 3 N–H and O–H groups in total. The summed E-state index contributed by atoms with van der Waals surface area (Å²) < 4.78 is 13.8. The van der Waals surface area contributed by atoms with Gasteiger partial charge in [-0.25, -0.2) is 4.39 Å². The van der Waals surface area contributed by atoms with Gasteiger partial charge in [-0.3, -0.25) is 4.79 Å². The van der Waals surface area contributed by atoms with Crippen LogP contribution in [0.2, 0.25) is 0 Å². The molecule has 0 atom stereocenters. The molecule has 0 heterocycles. The van der Waals surface area contributed by atoms with E-state index in [4.69, 9.17) is 5.73 Å². The van der Waals surface area contributed by atoms with Crippen LogP contribution in [0.15, 0.2) is 18.2 Å². The molecule has 94 valence electrons. The van der Waals surface area contributed by atoms with Crippen molar-refractivity contribution in [3.8, 4) is 11.8 Å². The second-order valence-corrected chi connectivity index (χ2v) is 4.72. The van der Waals surface area contributed by atoms with Crippen LogP contribution in [0.25, 0.3) is 0 Å². The second kappa shape index (κ2) is 4.79. The zero-order valence-electron chi connectivity index (χ0n) is 10.2. The van der Waals surface area contributed by atoms with E-state index in [2.05, 4.69) is 17.2 Å². The lowest BCUT2D eigenvalue weighted by Crippen LogP contribution is -2.34. The highest BCUT2D eigenvalue weighted by Gasteiger charge is 2.39. The lowest BCUT2D eigenvalue weighted by atomic mass is 10.1. The Kier molecular flexibility index (Phi) is 3.35. The fraction of sp³-hybridized carbons (Fsp3) is 0.357. The summed E-state index contributed by atoms with van der Waals surface area (Å²) in [6.45, 7) is 2.17. The van der Waals surface area contributed by atoms with E-state index >= 15 is 0 Å². The van der Waals surface area contributed by atoms with E-state index in [1.54, 1.807) is 6.07 Å². The molecule has 0 saturated heterocycles. The maximum absolute atomic E-state index is 13.8. The standard InChI is InChI=1S/C14H15FN2O/c1-14(6-7-14)17-13(18)11-5-4-10(3-2-8-16)9-12(11)15/h4-5,9H,6-8,16H2,1H3,(H,17,18). The first-order valence-corrected chi connectivity index (χ1v) is 5.85. The fourth-order valence-corrected chi connectivity index (χ4v) is 1.58. The Bertz CT molecular complexity index is 538. The molecule has 0 bridgehead atoms. The quantitative estimate of drug-likeness (QED) is 0.775. The van der Waals surface area contributed by atoms with Crippen molar-refractivity contribution in [1.82, 2.24) is 5.32 Å². The van der Waals surface area contributed by atoms with Crippen molar-refractivity contribution < 1.29 is 9.18 Å². The van der Waals surface area contributed by atoms with Gasteiger partial charge >= 0.3 is 0 Å². The number of rotatable bonds is 2. The van der Waals surface area contributed by atoms with Crippen molar-refractivity contribution >= 4 is 5.91 Å². The Morgan fingerprint density at radius 2 is 2.28 bits per heavy atom. The van der Waals surface area contributed by atoms with E-state index in [9.17, 15) is 9.18 Å². The van der Waals surface area contributed by atoms with Gasteiger partial charge in [0.2, 0.25) is 0 Å². The van der Waals surface area contributed by atoms with Gasteiger partial charge in [0.1, 0.15) is 5.82 Å². The molecule has 1 aliphatic carbocycles. The first-order valence-electron chi connectivity index (χ1n) is 5.85. The zero-order chi connectivity index (χ0) is 13.2. The van der Waals surface area contributed by atoms with Gasteiger partial charge in [-0.15, -0.1) is 0 Å². The molecule has 3 nitrogen and oxygen atoms in total. The molecule has 1 aliphatic rings. The van der Waals surface area contributed by atoms with Crippen LogP contribution < -0.4 is 11.1 Å². The second-order valence-electron chi connectivity index (χ2n) is 4.72. The zero-order valence-corrected chi connectivity index (χ0v) is 10.2. The summed E-state index contributed by atoms with van der Waals surface area (Å²) in [6.07, 6.45) is 1.89. The van der Waals surface area contributed by atoms with Crippen LogP contribution in [0.5, 0.6) is 0 Å². The molecule has 1 saturated carbocycles. The van der Waals surface area contributed by atoms with E-state index in [0.717, 1.165) is 12.8 Å². The number of nitrogens with one attached hydrogen (secondary N) is 1. The third-order valence-corrected chi connectivity index (χ3v) is 2.96. The number of amides is 1. The van der Waals surface area contributed by atoms with Gasteiger partial charge in [-0.05, 0) is 38.0 Å². The summed E-state index contributed by atoms with van der Waals surface area (Å²) >= 11 is 0. The summed E-state index contributed by atoms with van der Waals surface area (Å²) in [5.74, 6) is 4.44. The van der Waals surface area contributed by atoms with Crippen molar-refractivity contribution in [3.05, 3.63) is 35.1 Å². The maximum atomic E-state index is 13.8. The highest BCUT2D eigenvalue weighted by molar-refractivity contribution is 5.95. The van der Waals surface area contributed by atoms with Crippen LogP contribution >= 0.6 is 0 Å². The molecule has 18 heavy (non-hydrogen) atoms. The van der Waals surface area contributed by atoms with E-state index in [1.807, 2.05) is 6.92 Å². The highest BCUT2D eigenvalue weighted by atomic mass is 19.1. The van der Waals surface area contributed by atoms with Gasteiger partial charge in [0, 0.05) is 11.1 Å². The Hall–Kier alpha value is -1.86. The monoisotopic (exact) mass is 246 g/mol. The van der Waals surface area contributed by atoms with Crippen LogP contribution in [0.4, 0.5) is 4.39 Å². The largest absolute Gasteiger partial charge is 0.347 e. The van der Waals surface area contributed by atoms with Crippen molar-refractivity contribution in [2.45, 2.75) is 25.3 Å². The van der Waals surface area contributed by atoms with E-state index in [0.29, 0.717) is 5.56 Å². The Morgan fingerprint density at radius 1 is 1.56 bits per heavy atom. The Labute approximate surface area is 106 Å². The lowest BCUT2D eigenvalue weighted by molar-refractivity contribution is 0.0931. The molecule has 4 heteroatoms. The first kappa shape index (κ1) is 12.6. The molecule has 0 spiro atoms. The van der Waals surface area contributed by atoms with Gasteiger partial charge in [0.05, 0.1) is 12.1 Å². The summed E-state index contributed by atoms with van der Waals surface area (Å²) in [5.41, 5.74) is 5.66. The minimum absolute atomic E-state index is 0.0569. The number of benzene rings is 1. The highest BCUT2D eigenvalue weighted by Crippen LogP contribution is 2.34. The summed E-state index contributed by atoms with van der Waals surface area (Å²) in [4.78, 5) is 11.8. The average molecular weight is 246 g/mol. The molecule has 1 aromatic carbocycles. The van der Waals surface area contributed by atoms with Gasteiger partial charge in [-0.2, -0.15) is 0 Å². The van der Waals surface area contributed by atoms with Crippen LogP contribution in [-0.4, -0.2) is 18.0 Å². The van der Waals surface area contributed by atoms with Crippen LogP contribution in [0, 0.1) is 17.7 Å². The molecule has 0 aromatic heterocycles. The number of carbonyl (C=O) groups excluding carboxylic acids is 1. The summed E-state index contributed by atoms with van der Waals surface area (Å²) in [6, 6.07) is 4.33. The lowest BCUT2D eigenvalue weighted by Gasteiger charge is -2.11. The van der Waals surface area contributed by atoms with Crippen molar-refractivity contribution in [3.63, 3.8) is 0 Å². The Morgan fingerprint density at radius 3 is 2.83 bits per heavy atom. The average Bonchev–Trinajstić information content (AvgIpc) is 3.04. The molecule has 0 unspecified atom stereocenters. The predicted octanol–water partition coefficient (Wildman–Crippen LogP) is 1.42. The van der Waals surface area contributed by atoms with Crippen molar-refractivity contribution in [2.24, 2.45) is 5.73 Å². The number of nitrogens with two attached hydrogens (primary N) is 1. The van der Waals surface area contributed by atoms with E-state index < -0.39 is 5.82 Å². The van der Waals surface area contributed by atoms with E-state index in [1.165, 1.54) is 12.1 Å². The topological polar surface area (TPSA) is 55.1 Å². The molecule has 1 amide bonds. The number of halogens is 1. The molecule has 0 radical (unpaired) electrons. The summed E-state index contributed by atoms with van der Waals surface area (Å²) in [5, 5.41) is 2.82. The molecular weight excluding hydrogens is 231 g/mol. The third-order valence-electron chi connectivity index (χ3n) is 2.96. The minimum Gasteiger partial charge on any atom is -0.347 e. The van der Waals surface area contributed by atoms with Gasteiger partial charge in [0.25, 0.3) is 5.91 Å². The number of hydrogen-bond acceptors (Lipinski definition) is 2. The molecule has 0 aliphatic heterocycles. The van der Waals surface area contributed by atoms with Crippen LogP contribution in [-0.2, 0) is 0 Å². The van der Waals surface area contributed by atoms with Crippen molar-refractivity contribution in [1.29, 1.82) is 0 Å².